The molecule has 1 aromatic heterocycles. The number of aliphatic hydroxyl groups excluding tert-OH is 1. The van der Waals surface area contributed by atoms with Gasteiger partial charge >= 0.3 is 5.88 Å². The standard InChI is InChI=1S/C14H19N3O5/c1-9-10(2)16(9)8-11(18)7-15-13(19)5-3-12-4-6-14(22-12)17(20)21/h3-6,9-11,18H,7-8H2,1-2H3,(H,15,19)/b5-3+/t9-,10+,11?,16?. The van der Waals surface area contributed by atoms with Gasteiger partial charge in [-0.25, -0.2) is 0 Å². The second kappa shape index (κ2) is 6.71. The van der Waals surface area contributed by atoms with Gasteiger partial charge in [-0.2, -0.15) is 0 Å². The molecule has 8 nitrogen and oxygen atoms in total. The zero-order valence-electron chi connectivity index (χ0n) is 12.4. The van der Waals surface area contributed by atoms with E-state index in [9.17, 15) is 20.0 Å². The van der Waals surface area contributed by atoms with Crippen LogP contribution < -0.4 is 5.32 Å². The lowest BCUT2D eigenvalue weighted by Crippen LogP contribution is -2.35. The summed E-state index contributed by atoms with van der Waals surface area (Å²) in [6, 6.07) is 3.56. The second-order valence-electron chi connectivity index (χ2n) is 5.34. The molecule has 8 heteroatoms. The Morgan fingerprint density at radius 3 is 2.77 bits per heavy atom. The zero-order valence-corrected chi connectivity index (χ0v) is 12.4. The van der Waals surface area contributed by atoms with Gasteiger partial charge in [0.05, 0.1) is 12.2 Å². The number of carbonyl (C=O) groups excluding carboxylic acids is 1. The van der Waals surface area contributed by atoms with E-state index in [4.69, 9.17) is 4.42 Å². The predicted molar refractivity (Wildman–Crippen MR) is 79.0 cm³/mol. The van der Waals surface area contributed by atoms with Gasteiger partial charge in [0, 0.05) is 31.2 Å². The smallest absolute Gasteiger partial charge is 0.401 e. The number of nitro groups is 1. The first-order chi connectivity index (χ1) is 10.4. The molecule has 0 aromatic carbocycles. The monoisotopic (exact) mass is 309 g/mol. The van der Waals surface area contributed by atoms with Gasteiger partial charge in [-0.1, -0.05) is 0 Å². The van der Waals surface area contributed by atoms with Gasteiger partial charge in [-0.15, -0.1) is 0 Å². The lowest BCUT2D eigenvalue weighted by molar-refractivity contribution is -0.402. The van der Waals surface area contributed by atoms with Crippen molar-refractivity contribution in [1.82, 2.24) is 10.2 Å². The molecule has 2 heterocycles. The number of furan rings is 1. The Balaban J connectivity index is 1.72. The summed E-state index contributed by atoms with van der Waals surface area (Å²) < 4.78 is 4.88. The SMILES string of the molecule is C[C@@H]1[C@H](C)N1CC(O)CNC(=O)/C=C/c1ccc([N+](=O)[O-])o1. The van der Waals surface area contributed by atoms with Crippen LogP contribution in [0, 0.1) is 10.1 Å². The van der Waals surface area contributed by atoms with Crippen LogP contribution in [0.5, 0.6) is 0 Å². The summed E-state index contributed by atoms with van der Waals surface area (Å²) in [5.74, 6) is -0.559. The van der Waals surface area contributed by atoms with E-state index in [0.29, 0.717) is 18.6 Å². The number of amides is 1. The fraction of sp³-hybridized carbons (Fsp3) is 0.500. The van der Waals surface area contributed by atoms with Gasteiger partial charge in [0.1, 0.15) is 10.7 Å². The van der Waals surface area contributed by atoms with Crippen LogP contribution in [0.2, 0.25) is 0 Å². The van der Waals surface area contributed by atoms with Crippen LogP contribution in [0.1, 0.15) is 19.6 Å². The quantitative estimate of drug-likeness (QED) is 0.333. The van der Waals surface area contributed by atoms with E-state index < -0.39 is 16.9 Å². The van der Waals surface area contributed by atoms with Crippen molar-refractivity contribution >= 4 is 17.9 Å². The highest BCUT2D eigenvalue weighted by Gasteiger charge is 2.40. The molecule has 0 aliphatic carbocycles. The van der Waals surface area contributed by atoms with Crippen LogP contribution >= 0.6 is 0 Å². The topological polar surface area (TPSA) is 109 Å². The van der Waals surface area contributed by atoms with Crippen molar-refractivity contribution in [3.8, 4) is 0 Å². The molecule has 1 aliphatic heterocycles. The highest BCUT2D eigenvalue weighted by atomic mass is 16.6. The molecule has 1 aromatic rings. The molecule has 120 valence electrons. The molecule has 0 saturated carbocycles. The van der Waals surface area contributed by atoms with E-state index in [1.54, 1.807) is 0 Å². The summed E-state index contributed by atoms with van der Waals surface area (Å²) in [6.45, 7) is 4.84. The van der Waals surface area contributed by atoms with Gasteiger partial charge in [0.25, 0.3) is 0 Å². The van der Waals surface area contributed by atoms with Crippen molar-refractivity contribution in [1.29, 1.82) is 0 Å². The molecule has 2 rings (SSSR count). The molecule has 0 radical (unpaired) electrons. The number of carbonyl (C=O) groups is 1. The minimum absolute atomic E-state index is 0.150. The maximum Gasteiger partial charge on any atom is 0.433 e. The lowest BCUT2D eigenvalue weighted by atomic mass is 10.3. The number of rotatable bonds is 7. The van der Waals surface area contributed by atoms with Crippen molar-refractivity contribution < 1.29 is 19.2 Å². The number of hydrogen-bond acceptors (Lipinski definition) is 6. The highest BCUT2D eigenvalue weighted by molar-refractivity contribution is 5.91. The molecule has 1 saturated heterocycles. The Kier molecular flexibility index (Phi) is 4.94. The van der Waals surface area contributed by atoms with Crippen LogP contribution in [0.4, 0.5) is 5.88 Å². The largest absolute Gasteiger partial charge is 0.433 e. The average Bonchev–Trinajstić information content (AvgIpc) is 2.91. The van der Waals surface area contributed by atoms with E-state index in [1.165, 1.54) is 24.3 Å². The van der Waals surface area contributed by atoms with E-state index >= 15 is 0 Å². The summed E-state index contributed by atoms with van der Waals surface area (Å²) in [6.07, 6.45) is 1.91. The van der Waals surface area contributed by atoms with Gasteiger partial charge in [-0.3, -0.25) is 19.8 Å². The summed E-state index contributed by atoms with van der Waals surface area (Å²) >= 11 is 0. The van der Waals surface area contributed by atoms with E-state index in [2.05, 4.69) is 24.1 Å². The fourth-order valence-electron chi connectivity index (χ4n) is 2.18. The highest BCUT2D eigenvalue weighted by Crippen LogP contribution is 2.26. The predicted octanol–water partition coefficient (Wildman–Crippen LogP) is 0.771. The third-order valence-electron chi connectivity index (χ3n) is 3.78. The van der Waals surface area contributed by atoms with Crippen LogP contribution in [-0.2, 0) is 4.79 Å². The van der Waals surface area contributed by atoms with E-state index in [0.717, 1.165) is 0 Å². The van der Waals surface area contributed by atoms with Crippen molar-refractivity contribution in [3.05, 3.63) is 34.1 Å². The molecule has 22 heavy (non-hydrogen) atoms. The minimum Gasteiger partial charge on any atom is -0.401 e. The lowest BCUT2D eigenvalue weighted by Gasteiger charge is -2.12. The van der Waals surface area contributed by atoms with Crippen LogP contribution in [0.3, 0.4) is 0 Å². The normalized spacial score (nSPS) is 25.1. The number of β-amino-alcohol motifs (C(OH)–C–C–N with tert-alkyl or cyclic N) is 1. The summed E-state index contributed by atoms with van der Waals surface area (Å²) in [4.78, 5) is 23.5. The minimum atomic E-state index is -0.650. The molecule has 1 amide bonds. The third-order valence-corrected chi connectivity index (χ3v) is 3.78. The molecule has 0 bridgehead atoms. The van der Waals surface area contributed by atoms with Crippen molar-refractivity contribution in [3.63, 3.8) is 0 Å². The van der Waals surface area contributed by atoms with Crippen LogP contribution in [0.15, 0.2) is 22.6 Å². The fourth-order valence-corrected chi connectivity index (χ4v) is 2.18. The number of nitrogens with zero attached hydrogens (tertiary/aromatic N) is 2. The zero-order chi connectivity index (χ0) is 16.3. The number of aliphatic hydroxyl groups is 1. The van der Waals surface area contributed by atoms with Crippen molar-refractivity contribution in [2.75, 3.05) is 13.1 Å². The molecule has 1 aliphatic rings. The average molecular weight is 309 g/mol. The molecule has 4 atom stereocenters. The first-order valence-electron chi connectivity index (χ1n) is 7.02. The van der Waals surface area contributed by atoms with E-state index in [1.807, 2.05) is 0 Å². The Bertz CT molecular complexity index is 575. The van der Waals surface area contributed by atoms with Gasteiger partial charge in [0.15, 0.2) is 0 Å². The van der Waals surface area contributed by atoms with Crippen molar-refractivity contribution in [2.24, 2.45) is 0 Å². The number of hydrogen-bond donors (Lipinski definition) is 2. The Morgan fingerprint density at radius 1 is 1.55 bits per heavy atom. The summed E-state index contributed by atoms with van der Waals surface area (Å²) in [5.41, 5.74) is 0. The first kappa shape index (κ1) is 16.2. The molecular weight excluding hydrogens is 290 g/mol. The Morgan fingerprint density at radius 2 is 2.23 bits per heavy atom. The summed E-state index contributed by atoms with van der Waals surface area (Å²) in [5, 5.41) is 22.8. The molecule has 0 spiro atoms. The second-order valence-corrected chi connectivity index (χ2v) is 5.34. The molecule has 1 fully saturated rings. The Hall–Kier alpha value is -2.19. The maximum atomic E-state index is 11.6. The number of nitrogens with one attached hydrogen (secondary N) is 1. The van der Waals surface area contributed by atoms with Crippen molar-refractivity contribution in [2.45, 2.75) is 32.0 Å². The molecule has 2 N–H and O–H groups in total. The van der Waals surface area contributed by atoms with Crippen LogP contribution in [-0.4, -0.2) is 52.1 Å². The first-order valence-corrected chi connectivity index (χ1v) is 7.02. The van der Waals surface area contributed by atoms with Gasteiger partial charge in [0.2, 0.25) is 5.91 Å². The van der Waals surface area contributed by atoms with Crippen LogP contribution in [0.25, 0.3) is 6.08 Å². The molecule has 2 unspecified atom stereocenters. The third kappa shape index (κ3) is 4.15. The Labute approximate surface area is 127 Å². The van der Waals surface area contributed by atoms with Gasteiger partial charge in [-0.05, 0) is 26.0 Å². The molecular formula is C14H19N3O5. The summed E-state index contributed by atoms with van der Waals surface area (Å²) in [7, 11) is 0. The van der Waals surface area contributed by atoms with E-state index in [-0.39, 0.29) is 18.2 Å². The van der Waals surface area contributed by atoms with Gasteiger partial charge < -0.3 is 14.8 Å². The maximum absolute atomic E-state index is 11.6.